The second-order valence-corrected chi connectivity index (χ2v) is 7.53. The molecule has 0 bridgehead atoms. The SMILES string of the molecule is COc1cc2nccc(Oc3ccc4ccc(NC(=O)c5ccccn5)cc4c3)c2cc1OC. The van der Waals surface area contributed by atoms with Gasteiger partial charge in [0.2, 0.25) is 0 Å². The van der Waals surface area contributed by atoms with E-state index in [0.717, 1.165) is 21.7 Å². The normalized spacial score (nSPS) is 10.8. The summed E-state index contributed by atoms with van der Waals surface area (Å²) < 4.78 is 17.0. The predicted molar refractivity (Wildman–Crippen MR) is 131 cm³/mol. The van der Waals surface area contributed by atoms with Crippen molar-refractivity contribution in [3.63, 3.8) is 0 Å². The van der Waals surface area contributed by atoms with Crippen LogP contribution in [0.1, 0.15) is 10.5 Å². The minimum absolute atomic E-state index is 0.264. The third-order valence-electron chi connectivity index (χ3n) is 5.40. The standard InChI is InChI=1S/C27H21N3O4/c1-32-25-15-21-23(16-26(25)33-2)29-12-10-24(21)34-20-9-7-17-6-8-19(13-18(17)14-20)30-27(31)22-5-3-4-11-28-22/h3-16H,1-2H3,(H,30,31). The molecule has 0 fully saturated rings. The molecule has 1 amide bonds. The van der Waals surface area contributed by atoms with Gasteiger partial charge in [0.05, 0.1) is 19.7 Å². The van der Waals surface area contributed by atoms with Crippen molar-refractivity contribution in [2.45, 2.75) is 0 Å². The largest absolute Gasteiger partial charge is 0.493 e. The molecular weight excluding hydrogens is 430 g/mol. The van der Waals surface area contributed by atoms with Crippen molar-refractivity contribution in [1.29, 1.82) is 0 Å². The monoisotopic (exact) mass is 451 g/mol. The number of fused-ring (bicyclic) bond motifs is 2. The average Bonchev–Trinajstić information content (AvgIpc) is 2.88. The number of carbonyl (C=O) groups excluding carboxylic acids is 1. The lowest BCUT2D eigenvalue weighted by Gasteiger charge is -2.13. The lowest BCUT2D eigenvalue weighted by atomic mass is 10.1. The molecule has 34 heavy (non-hydrogen) atoms. The van der Waals surface area contributed by atoms with Crippen LogP contribution in [0, 0.1) is 0 Å². The minimum atomic E-state index is -0.264. The molecule has 0 radical (unpaired) electrons. The van der Waals surface area contributed by atoms with Gasteiger partial charge in [-0.05, 0) is 59.3 Å². The molecule has 2 heterocycles. The number of carbonyl (C=O) groups is 1. The van der Waals surface area contributed by atoms with Gasteiger partial charge in [-0.1, -0.05) is 18.2 Å². The first-order valence-corrected chi connectivity index (χ1v) is 10.6. The summed E-state index contributed by atoms with van der Waals surface area (Å²) in [6.07, 6.45) is 3.28. The molecule has 1 N–H and O–H groups in total. The quantitative estimate of drug-likeness (QED) is 0.349. The number of rotatable bonds is 6. The summed E-state index contributed by atoms with van der Waals surface area (Å²) in [5.41, 5.74) is 1.76. The molecule has 0 spiro atoms. The molecule has 0 saturated heterocycles. The van der Waals surface area contributed by atoms with E-state index in [-0.39, 0.29) is 5.91 Å². The van der Waals surface area contributed by atoms with Crippen LogP contribution in [-0.4, -0.2) is 30.1 Å². The fourth-order valence-corrected chi connectivity index (χ4v) is 3.72. The highest BCUT2D eigenvalue weighted by atomic mass is 16.5. The van der Waals surface area contributed by atoms with E-state index in [9.17, 15) is 4.79 Å². The molecule has 0 atom stereocenters. The first kappa shape index (κ1) is 21.2. The lowest BCUT2D eigenvalue weighted by Crippen LogP contribution is -2.13. The summed E-state index contributed by atoms with van der Waals surface area (Å²) in [6.45, 7) is 0. The zero-order valence-electron chi connectivity index (χ0n) is 18.6. The van der Waals surface area contributed by atoms with Crippen LogP contribution in [0.2, 0.25) is 0 Å². The molecular formula is C27H21N3O4. The van der Waals surface area contributed by atoms with Crippen molar-refractivity contribution >= 4 is 33.3 Å². The molecule has 0 unspecified atom stereocenters. The lowest BCUT2D eigenvalue weighted by molar-refractivity contribution is 0.102. The van der Waals surface area contributed by atoms with Gasteiger partial charge >= 0.3 is 0 Å². The Balaban J connectivity index is 1.45. The number of aromatic nitrogens is 2. The van der Waals surface area contributed by atoms with E-state index < -0.39 is 0 Å². The molecule has 7 nitrogen and oxygen atoms in total. The molecule has 0 aliphatic carbocycles. The van der Waals surface area contributed by atoms with E-state index in [0.29, 0.717) is 34.4 Å². The molecule has 0 saturated carbocycles. The number of nitrogens with one attached hydrogen (secondary N) is 1. The maximum absolute atomic E-state index is 12.5. The predicted octanol–water partition coefficient (Wildman–Crippen LogP) is 5.84. The van der Waals surface area contributed by atoms with E-state index >= 15 is 0 Å². The van der Waals surface area contributed by atoms with E-state index in [1.54, 1.807) is 44.8 Å². The van der Waals surface area contributed by atoms with E-state index in [1.165, 1.54) is 0 Å². The first-order chi connectivity index (χ1) is 16.6. The second kappa shape index (κ2) is 9.07. The summed E-state index contributed by atoms with van der Waals surface area (Å²) in [4.78, 5) is 21.0. The highest BCUT2D eigenvalue weighted by Gasteiger charge is 2.12. The fraction of sp³-hybridized carbons (Fsp3) is 0.0741. The number of nitrogens with zero attached hydrogens (tertiary/aromatic N) is 2. The third-order valence-corrected chi connectivity index (χ3v) is 5.40. The Labute approximate surface area is 195 Å². The number of amides is 1. The number of methoxy groups -OCH3 is 2. The molecule has 7 heteroatoms. The maximum atomic E-state index is 12.5. The Kier molecular flexibility index (Phi) is 5.66. The van der Waals surface area contributed by atoms with E-state index in [4.69, 9.17) is 14.2 Å². The Morgan fingerprint density at radius 3 is 2.38 bits per heavy atom. The van der Waals surface area contributed by atoms with Crippen LogP contribution in [0.3, 0.4) is 0 Å². The number of anilines is 1. The van der Waals surface area contributed by atoms with Gasteiger partial charge in [0.25, 0.3) is 5.91 Å². The van der Waals surface area contributed by atoms with Crippen LogP contribution in [-0.2, 0) is 0 Å². The highest BCUT2D eigenvalue weighted by molar-refractivity contribution is 6.04. The zero-order valence-corrected chi connectivity index (χ0v) is 18.6. The average molecular weight is 451 g/mol. The molecule has 5 rings (SSSR count). The van der Waals surface area contributed by atoms with Gasteiger partial charge in [0.15, 0.2) is 11.5 Å². The van der Waals surface area contributed by atoms with Crippen molar-refractivity contribution in [2.24, 2.45) is 0 Å². The Hall–Kier alpha value is -4.65. The van der Waals surface area contributed by atoms with Gasteiger partial charge in [-0.2, -0.15) is 0 Å². The molecule has 0 aliphatic heterocycles. The highest BCUT2D eigenvalue weighted by Crippen LogP contribution is 2.37. The van der Waals surface area contributed by atoms with E-state index in [1.807, 2.05) is 54.6 Å². The maximum Gasteiger partial charge on any atom is 0.274 e. The number of hydrogen-bond acceptors (Lipinski definition) is 6. The Bertz CT molecular complexity index is 1500. The van der Waals surface area contributed by atoms with Gasteiger partial charge in [0, 0.05) is 29.5 Å². The topological polar surface area (TPSA) is 82.6 Å². The molecule has 168 valence electrons. The van der Waals surface area contributed by atoms with Gasteiger partial charge in [-0.3, -0.25) is 14.8 Å². The number of hydrogen-bond donors (Lipinski definition) is 1. The van der Waals surface area contributed by atoms with Gasteiger partial charge < -0.3 is 19.5 Å². The summed E-state index contributed by atoms with van der Waals surface area (Å²) in [5, 5.41) is 5.64. The van der Waals surface area contributed by atoms with Crippen LogP contribution >= 0.6 is 0 Å². The molecule has 2 aromatic heterocycles. The van der Waals surface area contributed by atoms with E-state index in [2.05, 4.69) is 15.3 Å². The fourth-order valence-electron chi connectivity index (χ4n) is 3.72. The third kappa shape index (κ3) is 4.19. The molecule has 0 aliphatic rings. The van der Waals surface area contributed by atoms with Crippen molar-refractivity contribution < 1.29 is 19.0 Å². The van der Waals surface area contributed by atoms with Crippen LogP contribution in [0.4, 0.5) is 5.69 Å². The van der Waals surface area contributed by atoms with Crippen LogP contribution < -0.4 is 19.5 Å². The van der Waals surface area contributed by atoms with Crippen LogP contribution in [0.15, 0.2) is 85.2 Å². The van der Waals surface area contributed by atoms with Gasteiger partial charge in [-0.15, -0.1) is 0 Å². The number of ether oxygens (including phenoxy) is 3. The van der Waals surface area contributed by atoms with Crippen molar-refractivity contribution in [3.8, 4) is 23.0 Å². The minimum Gasteiger partial charge on any atom is -0.493 e. The molecule has 3 aromatic carbocycles. The zero-order chi connectivity index (χ0) is 23.5. The van der Waals surface area contributed by atoms with Gasteiger partial charge in [0.1, 0.15) is 17.2 Å². The van der Waals surface area contributed by atoms with Crippen LogP contribution in [0.5, 0.6) is 23.0 Å². The van der Waals surface area contributed by atoms with Crippen LogP contribution in [0.25, 0.3) is 21.7 Å². The van der Waals surface area contributed by atoms with Crippen molar-refractivity contribution in [2.75, 3.05) is 19.5 Å². The Morgan fingerprint density at radius 1 is 0.765 bits per heavy atom. The van der Waals surface area contributed by atoms with Gasteiger partial charge in [-0.25, -0.2) is 0 Å². The number of benzene rings is 3. The molecule has 5 aromatic rings. The first-order valence-electron chi connectivity index (χ1n) is 10.6. The summed E-state index contributed by atoms with van der Waals surface area (Å²) in [7, 11) is 3.18. The Morgan fingerprint density at radius 2 is 1.59 bits per heavy atom. The smallest absolute Gasteiger partial charge is 0.274 e. The van der Waals surface area contributed by atoms with Crippen molar-refractivity contribution in [1.82, 2.24) is 9.97 Å². The second-order valence-electron chi connectivity index (χ2n) is 7.53. The summed E-state index contributed by atoms with van der Waals surface area (Å²) in [5.74, 6) is 2.23. The summed E-state index contributed by atoms with van der Waals surface area (Å²) in [6, 6.07) is 22.2. The summed E-state index contributed by atoms with van der Waals surface area (Å²) >= 11 is 0. The number of pyridine rings is 2. The van der Waals surface area contributed by atoms with Crippen molar-refractivity contribution in [3.05, 3.63) is 90.9 Å².